The topological polar surface area (TPSA) is 58.9 Å². The minimum Gasteiger partial charge on any atom is -0.428 e. The van der Waals surface area contributed by atoms with Crippen LogP contribution in [0.1, 0.15) is 84.0 Å². The summed E-state index contributed by atoms with van der Waals surface area (Å²) < 4.78 is 57.3. The molecule has 0 aromatic heterocycles. The van der Waals surface area contributed by atoms with Crippen molar-refractivity contribution in [3.8, 4) is 16.9 Å². The van der Waals surface area contributed by atoms with Gasteiger partial charge in [-0.3, -0.25) is 4.79 Å². The summed E-state index contributed by atoms with van der Waals surface area (Å²) in [6, 6.07) is 17.5. The van der Waals surface area contributed by atoms with E-state index in [0.717, 1.165) is 74.1 Å². The molecule has 4 nitrogen and oxygen atoms in total. The Bertz CT molecular complexity index is 1530. The standard InChI is InChI=1S/C36H37F4NO3/c1-4-6-8-12-21-35(22-13-9-7-5-2)29-17-11-10-15-27(29)28-20-19-25(23-30(28)35)33(42)32(41-43)26-16-14-18-31(24(26)3)44-36(39,40)34(37)38/h4-5,10-11,14-20,23,34,43H,1-2,6-9,12-13,21-22H2,3H3/b41-32+. The molecule has 0 heterocycles. The van der Waals surface area contributed by atoms with Gasteiger partial charge in [0.2, 0.25) is 5.78 Å². The molecular weight excluding hydrogens is 570 g/mol. The Morgan fingerprint density at radius 3 is 2.18 bits per heavy atom. The second-order valence-corrected chi connectivity index (χ2v) is 11.1. The summed E-state index contributed by atoms with van der Waals surface area (Å²) in [4.78, 5) is 13.9. The summed E-state index contributed by atoms with van der Waals surface area (Å²) in [7, 11) is 0. The molecular formula is C36H37F4NO3. The van der Waals surface area contributed by atoms with Crippen LogP contribution >= 0.6 is 0 Å². The van der Waals surface area contributed by atoms with Gasteiger partial charge in [-0.2, -0.15) is 17.6 Å². The van der Waals surface area contributed by atoms with Crippen molar-refractivity contribution in [2.45, 2.75) is 76.2 Å². The zero-order valence-electron chi connectivity index (χ0n) is 24.8. The lowest BCUT2D eigenvalue weighted by Crippen LogP contribution is -2.33. The Morgan fingerprint density at radius 2 is 1.57 bits per heavy atom. The molecule has 8 heteroatoms. The van der Waals surface area contributed by atoms with Gasteiger partial charge in [0, 0.05) is 22.1 Å². The molecule has 4 rings (SSSR count). The number of hydrogen-bond acceptors (Lipinski definition) is 4. The van der Waals surface area contributed by atoms with E-state index in [1.54, 1.807) is 6.07 Å². The number of Topliss-reactive ketones (excluding diaryl/α,β-unsaturated/α-hetero) is 1. The van der Waals surface area contributed by atoms with Gasteiger partial charge in [0.25, 0.3) is 0 Å². The number of nitrogens with zero attached hydrogens (tertiary/aromatic N) is 1. The Morgan fingerprint density at radius 1 is 0.932 bits per heavy atom. The quantitative estimate of drug-likeness (QED) is 0.0335. The van der Waals surface area contributed by atoms with Crippen molar-refractivity contribution in [2.24, 2.45) is 5.16 Å². The van der Waals surface area contributed by atoms with Gasteiger partial charge in [0.15, 0.2) is 5.71 Å². The van der Waals surface area contributed by atoms with Crippen molar-refractivity contribution in [1.82, 2.24) is 0 Å². The SMILES string of the molecule is C=CCCCCC1(CCCCC=C)c2ccccc2-c2ccc(C(=O)/C(=N/O)c3cccc(OC(F)(F)C(F)F)c3C)cc21. The first-order valence-corrected chi connectivity index (χ1v) is 14.8. The fourth-order valence-electron chi connectivity index (χ4n) is 6.22. The largest absolute Gasteiger partial charge is 0.461 e. The first-order chi connectivity index (χ1) is 21.1. The van der Waals surface area contributed by atoms with Crippen molar-refractivity contribution in [1.29, 1.82) is 0 Å². The molecule has 0 saturated carbocycles. The number of halogens is 4. The number of fused-ring (bicyclic) bond motifs is 3. The van der Waals surface area contributed by atoms with Crippen LogP contribution in [0.5, 0.6) is 5.75 Å². The number of ether oxygens (including phenoxy) is 1. The third-order valence-electron chi connectivity index (χ3n) is 8.41. The Balaban J connectivity index is 1.77. The minimum absolute atomic E-state index is 0.0102. The molecule has 0 unspecified atom stereocenters. The van der Waals surface area contributed by atoms with Gasteiger partial charge in [0.05, 0.1) is 0 Å². The van der Waals surface area contributed by atoms with Crippen molar-refractivity contribution in [3.05, 3.63) is 114 Å². The van der Waals surface area contributed by atoms with E-state index < -0.39 is 29.8 Å². The maximum Gasteiger partial charge on any atom is 0.461 e. The van der Waals surface area contributed by atoms with Crippen LogP contribution in [0.4, 0.5) is 17.6 Å². The number of benzene rings is 3. The molecule has 1 aliphatic rings. The maximum atomic E-state index is 13.9. The predicted octanol–water partition coefficient (Wildman–Crippen LogP) is 10.1. The van der Waals surface area contributed by atoms with Crippen molar-refractivity contribution in [3.63, 3.8) is 0 Å². The molecule has 3 aromatic rings. The van der Waals surface area contributed by atoms with Gasteiger partial charge in [-0.05, 0) is 79.8 Å². The molecule has 3 aromatic carbocycles. The lowest BCUT2D eigenvalue weighted by molar-refractivity contribution is -0.253. The van der Waals surface area contributed by atoms with Crippen LogP contribution in [0.25, 0.3) is 11.1 Å². The predicted molar refractivity (Wildman–Crippen MR) is 165 cm³/mol. The highest BCUT2D eigenvalue weighted by molar-refractivity contribution is 6.51. The van der Waals surface area contributed by atoms with Crippen molar-refractivity contribution in [2.75, 3.05) is 0 Å². The van der Waals surface area contributed by atoms with Crippen LogP contribution in [0, 0.1) is 6.92 Å². The summed E-state index contributed by atoms with van der Waals surface area (Å²) in [6.45, 7) is 9.03. The first-order valence-electron chi connectivity index (χ1n) is 14.8. The molecule has 0 saturated heterocycles. The number of carbonyl (C=O) groups is 1. The van der Waals surface area contributed by atoms with E-state index in [2.05, 4.69) is 35.2 Å². The zero-order valence-corrected chi connectivity index (χ0v) is 24.8. The van der Waals surface area contributed by atoms with Gasteiger partial charge in [-0.1, -0.05) is 78.7 Å². The maximum absolute atomic E-state index is 13.9. The Hall–Kier alpha value is -4.20. The van der Waals surface area contributed by atoms with E-state index in [1.165, 1.54) is 24.6 Å². The highest BCUT2D eigenvalue weighted by Crippen LogP contribution is 2.54. The normalized spacial score (nSPS) is 13.8. The van der Waals surface area contributed by atoms with E-state index in [-0.39, 0.29) is 22.1 Å². The van der Waals surface area contributed by atoms with Crippen LogP contribution < -0.4 is 4.74 Å². The number of ketones is 1. The molecule has 0 aliphatic heterocycles. The highest BCUT2D eigenvalue weighted by atomic mass is 19.3. The van der Waals surface area contributed by atoms with E-state index in [1.807, 2.05) is 36.4 Å². The smallest absolute Gasteiger partial charge is 0.428 e. The zero-order chi connectivity index (χ0) is 31.9. The number of allylic oxidation sites excluding steroid dienone is 2. The molecule has 0 radical (unpaired) electrons. The molecule has 0 spiro atoms. The molecule has 1 N–H and O–H groups in total. The fourth-order valence-corrected chi connectivity index (χ4v) is 6.22. The van der Waals surface area contributed by atoms with Crippen LogP contribution in [0.3, 0.4) is 0 Å². The second kappa shape index (κ2) is 14.1. The first kappa shape index (κ1) is 32.7. The third-order valence-corrected chi connectivity index (χ3v) is 8.41. The van der Waals surface area contributed by atoms with Crippen molar-refractivity contribution >= 4 is 11.5 Å². The number of rotatable bonds is 16. The van der Waals surface area contributed by atoms with E-state index in [0.29, 0.717) is 0 Å². The third kappa shape index (κ3) is 6.49. The summed E-state index contributed by atoms with van der Waals surface area (Å²) in [5.41, 5.74) is 3.84. The number of alkyl halides is 4. The average Bonchev–Trinajstić information content (AvgIpc) is 3.28. The van der Waals surface area contributed by atoms with Crippen LogP contribution in [0.15, 0.2) is 91.1 Å². The van der Waals surface area contributed by atoms with E-state index in [4.69, 9.17) is 0 Å². The minimum atomic E-state index is -4.74. The molecule has 0 atom stereocenters. The average molecular weight is 608 g/mol. The summed E-state index contributed by atoms with van der Waals surface area (Å²) >= 11 is 0. The van der Waals surface area contributed by atoms with Crippen molar-refractivity contribution < 1.29 is 32.3 Å². The Labute approximate surface area is 255 Å². The van der Waals surface area contributed by atoms with Crippen LogP contribution in [-0.2, 0) is 5.41 Å². The summed E-state index contributed by atoms with van der Waals surface area (Å²) in [5, 5.41) is 13.2. The van der Waals surface area contributed by atoms with Gasteiger partial charge >= 0.3 is 12.5 Å². The molecule has 232 valence electrons. The summed E-state index contributed by atoms with van der Waals surface area (Å²) in [5.74, 6) is -1.19. The number of oxime groups is 1. The van der Waals surface area contributed by atoms with Gasteiger partial charge in [0.1, 0.15) is 5.75 Å². The molecule has 0 bridgehead atoms. The van der Waals surface area contributed by atoms with Gasteiger partial charge < -0.3 is 9.94 Å². The molecule has 0 amide bonds. The lowest BCUT2D eigenvalue weighted by Gasteiger charge is -2.33. The summed E-state index contributed by atoms with van der Waals surface area (Å²) in [6.07, 6.45) is 2.46. The Kier molecular flexibility index (Phi) is 10.4. The van der Waals surface area contributed by atoms with Crippen LogP contribution in [-0.4, -0.2) is 29.2 Å². The van der Waals surface area contributed by atoms with Crippen LogP contribution in [0.2, 0.25) is 0 Å². The number of hydrogen-bond donors (Lipinski definition) is 1. The molecule has 44 heavy (non-hydrogen) atoms. The van der Waals surface area contributed by atoms with E-state index >= 15 is 0 Å². The number of carbonyl (C=O) groups excluding carboxylic acids is 1. The van der Waals surface area contributed by atoms with E-state index in [9.17, 15) is 27.6 Å². The molecule has 1 aliphatic carbocycles. The lowest BCUT2D eigenvalue weighted by atomic mass is 9.70. The number of unbranched alkanes of at least 4 members (excludes halogenated alkanes) is 4. The monoisotopic (exact) mass is 607 g/mol. The fraction of sp³-hybridized carbons (Fsp3) is 0.333. The van der Waals surface area contributed by atoms with Gasteiger partial charge in [-0.15, -0.1) is 13.2 Å². The highest BCUT2D eigenvalue weighted by Gasteiger charge is 2.45. The second-order valence-electron chi connectivity index (χ2n) is 11.1. The molecule has 0 fully saturated rings. The van der Waals surface area contributed by atoms with Gasteiger partial charge in [-0.25, -0.2) is 0 Å².